The van der Waals surface area contributed by atoms with Gasteiger partial charge in [-0.05, 0) is 32.1 Å². The van der Waals surface area contributed by atoms with Gasteiger partial charge in [-0.1, -0.05) is 6.92 Å². The summed E-state index contributed by atoms with van der Waals surface area (Å²) in [6.45, 7) is 1.85. The average molecular weight is 260 g/mol. The van der Waals surface area contributed by atoms with Crippen molar-refractivity contribution in [1.29, 1.82) is 0 Å². The van der Waals surface area contributed by atoms with Gasteiger partial charge in [0.15, 0.2) is 5.13 Å². The number of thiazole rings is 1. The highest BCUT2D eigenvalue weighted by molar-refractivity contribution is 7.92. The maximum Gasteiger partial charge on any atom is 0.234 e. The molecule has 0 aliphatic heterocycles. The van der Waals surface area contributed by atoms with Crippen LogP contribution < -0.4 is 4.72 Å². The Hall–Kier alpha value is -0.620. The van der Waals surface area contributed by atoms with Gasteiger partial charge in [0, 0.05) is 4.88 Å². The van der Waals surface area contributed by atoms with Crippen molar-refractivity contribution in [3.8, 4) is 0 Å². The smallest absolute Gasteiger partial charge is 0.234 e. The lowest BCUT2D eigenvalue weighted by Gasteiger charge is -2.06. The Morgan fingerprint density at radius 2 is 2.12 bits per heavy atom. The van der Waals surface area contributed by atoms with Gasteiger partial charge in [-0.3, -0.25) is 4.72 Å². The first-order valence-corrected chi connectivity index (χ1v) is 8.06. The van der Waals surface area contributed by atoms with Crippen LogP contribution in [0, 0.1) is 0 Å². The SMILES string of the molecule is CCCS(=O)(=O)Nc1nc2c(s1)CCCC2. The van der Waals surface area contributed by atoms with Crippen LogP contribution in [-0.2, 0) is 22.9 Å². The highest BCUT2D eigenvalue weighted by Crippen LogP contribution is 2.29. The monoisotopic (exact) mass is 260 g/mol. The number of rotatable bonds is 4. The van der Waals surface area contributed by atoms with Gasteiger partial charge in [0.1, 0.15) is 0 Å². The molecular formula is C10H16N2O2S2. The highest BCUT2D eigenvalue weighted by Gasteiger charge is 2.17. The molecule has 1 aliphatic carbocycles. The maximum absolute atomic E-state index is 11.6. The molecule has 2 rings (SSSR count). The van der Waals surface area contributed by atoms with E-state index in [-0.39, 0.29) is 5.75 Å². The second-order valence-electron chi connectivity index (χ2n) is 4.02. The molecule has 0 amide bonds. The zero-order valence-corrected chi connectivity index (χ0v) is 11.0. The molecular weight excluding hydrogens is 244 g/mol. The molecule has 1 heterocycles. The molecule has 1 aromatic heterocycles. The quantitative estimate of drug-likeness (QED) is 0.902. The number of hydrogen-bond donors (Lipinski definition) is 1. The zero-order chi connectivity index (χ0) is 11.6. The van der Waals surface area contributed by atoms with Crippen molar-refractivity contribution in [2.24, 2.45) is 0 Å². The van der Waals surface area contributed by atoms with Crippen molar-refractivity contribution >= 4 is 26.5 Å². The van der Waals surface area contributed by atoms with Crippen LogP contribution in [0.5, 0.6) is 0 Å². The van der Waals surface area contributed by atoms with Crippen LogP contribution >= 0.6 is 11.3 Å². The van der Waals surface area contributed by atoms with Crippen molar-refractivity contribution in [3.05, 3.63) is 10.6 Å². The standard InChI is InChI=1S/C10H16N2O2S2/c1-2-7-16(13,14)12-10-11-8-5-3-4-6-9(8)15-10/h2-7H2,1H3,(H,11,12). The topological polar surface area (TPSA) is 59.1 Å². The first-order valence-electron chi connectivity index (χ1n) is 5.60. The molecule has 0 radical (unpaired) electrons. The Balaban J connectivity index is 2.13. The van der Waals surface area contributed by atoms with Gasteiger partial charge >= 0.3 is 0 Å². The number of fused-ring (bicyclic) bond motifs is 1. The molecule has 1 aromatic rings. The van der Waals surface area contributed by atoms with Gasteiger partial charge in [-0.2, -0.15) is 0 Å². The molecule has 1 aliphatic rings. The van der Waals surface area contributed by atoms with E-state index < -0.39 is 10.0 Å². The van der Waals surface area contributed by atoms with Crippen LogP contribution in [0.15, 0.2) is 0 Å². The fraction of sp³-hybridized carbons (Fsp3) is 0.700. The van der Waals surface area contributed by atoms with Crippen molar-refractivity contribution in [2.75, 3.05) is 10.5 Å². The molecule has 0 aromatic carbocycles. The molecule has 0 saturated carbocycles. The van der Waals surface area contributed by atoms with E-state index in [1.54, 1.807) is 0 Å². The maximum atomic E-state index is 11.6. The summed E-state index contributed by atoms with van der Waals surface area (Å²) in [7, 11) is -3.19. The molecule has 0 unspecified atom stereocenters. The largest absolute Gasteiger partial charge is 0.259 e. The molecule has 0 saturated heterocycles. The molecule has 0 spiro atoms. The summed E-state index contributed by atoms with van der Waals surface area (Å²) < 4.78 is 25.7. The van der Waals surface area contributed by atoms with E-state index >= 15 is 0 Å². The third-order valence-corrected chi connectivity index (χ3v) is 5.21. The van der Waals surface area contributed by atoms with E-state index in [1.807, 2.05) is 6.92 Å². The van der Waals surface area contributed by atoms with Gasteiger partial charge in [0.05, 0.1) is 11.4 Å². The summed E-state index contributed by atoms with van der Waals surface area (Å²) in [6, 6.07) is 0. The summed E-state index contributed by atoms with van der Waals surface area (Å²) >= 11 is 1.49. The molecule has 0 fully saturated rings. The fourth-order valence-corrected chi connectivity index (χ4v) is 4.25. The Bertz CT molecular complexity index is 442. The summed E-state index contributed by atoms with van der Waals surface area (Å²) in [5, 5.41) is 0.542. The van der Waals surface area contributed by atoms with E-state index in [1.165, 1.54) is 22.6 Å². The lowest BCUT2D eigenvalue weighted by molar-refractivity contribution is 0.600. The van der Waals surface area contributed by atoms with Gasteiger partial charge < -0.3 is 0 Å². The number of nitrogens with one attached hydrogen (secondary N) is 1. The minimum Gasteiger partial charge on any atom is -0.259 e. The molecule has 0 atom stereocenters. The van der Waals surface area contributed by atoms with Gasteiger partial charge in [0.2, 0.25) is 10.0 Å². The summed E-state index contributed by atoms with van der Waals surface area (Å²) in [4.78, 5) is 5.60. The van der Waals surface area contributed by atoms with Crippen molar-refractivity contribution in [1.82, 2.24) is 4.98 Å². The molecule has 4 nitrogen and oxygen atoms in total. The van der Waals surface area contributed by atoms with E-state index in [4.69, 9.17) is 0 Å². The highest BCUT2D eigenvalue weighted by atomic mass is 32.2. The molecule has 90 valence electrons. The number of anilines is 1. The van der Waals surface area contributed by atoms with Crippen molar-refractivity contribution in [3.63, 3.8) is 0 Å². The van der Waals surface area contributed by atoms with E-state index in [0.29, 0.717) is 11.6 Å². The lowest BCUT2D eigenvalue weighted by atomic mass is 10.0. The third-order valence-electron chi connectivity index (χ3n) is 2.56. The summed E-state index contributed by atoms with van der Waals surface area (Å²) in [5.74, 6) is 0.164. The number of nitrogens with zero attached hydrogens (tertiary/aromatic N) is 1. The average Bonchev–Trinajstić information content (AvgIpc) is 2.58. The minimum absolute atomic E-state index is 0.164. The number of sulfonamides is 1. The van der Waals surface area contributed by atoms with E-state index in [9.17, 15) is 8.42 Å². The van der Waals surface area contributed by atoms with Crippen LogP contribution in [0.3, 0.4) is 0 Å². The number of aromatic nitrogens is 1. The predicted octanol–water partition coefficient (Wildman–Crippen LogP) is 2.17. The second kappa shape index (κ2) is 4.71. The van der Waals surface area contributed by atoms with Crippen LogP contribution in [0.25, 0.3) is 0 Å². The van der Waals surface area contributed by atoms with Gasteiger partial charge in [-0.25, -0.2) is 13.4 Å². The second-order valence-corrected chi connectivity index (χ2v) is 6.94. The third kappa shape index (κ3) is 2.74. The van der Waals surface area contributed by atoms with E-state index in [2.05, 4.69) is 9.71 Å². The van der Waals surface area contributed by atoms with Gasteiger partial charge in [-0.15, -0.1) is 11.3 Å². The molecule has 1 N–H and O–H groups in total. The van der Waals surface area contributed by atoms with Crippen molar-refractivity contribution in [2.45, 2.75) is 39.0 Å². The Kier molecular flexibility index (Phi) is 3.49. The Morgan fingerprint density at radius 1 is 1.38 bits per heavy atom. The van der Waals surface area contributed by atoms with Gasteiger partial charge in [0.25, 0.3) is 0 Å². The molecule has 0 bridgehead atoms. The van der Waals surface area contributed by atoms with Crippen molar-refractivity contribution < 1.29 is 8.42 Å². The first kappa shape index (κ1) is 11.9. The molecule has 16 heavy (non-hydrogen) atoms. The summed E-state index contributed by atoms with van der Waals surface area (Å²) in [5.41, 5.74) is 1.09. The zero-order valence-electron chi connectivity index (χ0n) is 9.32. The van der Waals surface area contributed by atoms with E-state index in [0.717, 1.165) is 25.0 Å². The van der Waals surface area contributed by atoms with Crippen LogP contribution in [0.2, 0.25) is 0 Å². The predicted molar refractivity (Wildman–Crippen MR) is 66.5 cm³/mol. The van der Waals surface area contributed by atoms with Crippen LogP contribution in [-0.4, -0.2) is 19.2 Å². The van der Waals surface area contributed by atoms with Crippen LogP contribution in [0.1, 0.15) is 36.8 Å². The molecule has 6 heteroatoms. The lowest BCUT2D eigenvalue weighted by Crippen LogP contribution is -2.15. The number of hydrogen-bond acceptors (Lipinski definition) is 4. The Morgan fingerprint density at radius 3 is 2.81 bits per heavy atom. The van der Waals surface area contributed by atoms with Crippen LogP contribution in [0.4, 0.5) is 5.13 Å². The minimum atomic E-state index is -3.19. The normalized spacial score (nSPS) is 15.8. The fourth-order valence-electron chi connectivity index (χ4n) is 1.85. The Labute approximate surface area is 100 Å². The first-order chi connectivity index (χ1) is 7.61. The summed E-state index contributed by atoms with van der Waals surface area (Å²) in [6.07, 6.45) is 5.01. The number of aryl methyl sites for hydroxylation is 2.